The second-order valence-electron chi connectivity index (χ2n) is 9.58. The lowest BCUT2D eigenvalue weighted by Crippen LogP contribution is -2.29. The van der Waals surface area contributed by atoms with Crippen molar-refractivity contribution in [2.45, 2.75) is 25.9 Å². The van der Waals surface area contributed by atoms with Crippen LogP contribution in [0.1, 0.15) is 34.7 Å². The third-order valence-corrected chi connectivity index (χ3v) is 7.40. The molecule has 0 aliphatic carbocycles. The van der Waals surface area contributed by atoms with Gasteiger partial charge in [-0.25, -0.2) is 0 Å². The number of benzene rings is 3. The number of aryl methyl sites for hydroxylation is 1. The summed E-state index contributed by atoms with van der Waals surface area (Å²) in [5.41, 5.74) is 6.22. The average Bonchev–Trinajstić information content (AvgIpc) is 3.45. The number of aromatic nitrogens is 2. The molecule has 1 aliphatic rings. The van der Waals surface area contributed by atoms with Crippen LogP contribution in [0, 0.1) is 13.8 Å². The van der Waals surface area contributed by atoms with Gasteiger partial charge in [0.2, 0.25) is 0 Å². The van der Waals surface area contributed by atoms with Crippen molar-refractivity contribution in [3.8, 4) is 22.9 Å². The lowest BCUT2D eigenvalue weighted by Gasteiger charge is -2.28. The van der Waals surface area contributed by atoms with Crippen molar-refractivity contribution in [3.63, 3.8) is 0 Å². The minimum absolute atomic E-state index is 0.134. The average molecular weight is 533 g/mol. The molecule has 6 nitrogen and oxygen atoms in total. The summed E-state index contributed by atoms with van der Waals surface area (Å²) >= 11 is 5.93. The third kappa shape index (κ3) is 4.73. The van der Waals surface area contributed by atoms with Crippen LogP contribution in [0.3, 0.4) is 0 Å². The summed E-state index contributed by atoms with van der Waals surface area (Å²) < 4.78 is 8.23. The normalized spacial score (nSPS) is 16.8. The monoisotopic (exact) mass is 532 g/mol. The molecular weight excluding hydrogens is 504 g/mol. The van der Waals surface area contributed by atoms with E-state index in [1.807, 2.05) is 91.1 Å². The standard InChI is InChI=1S/C32H28N4O2S/c1-21-20-28(22(2)35(21)23-11-15-25(37)16-12-23)31-30(29-10-6-7-19-33-29)34-32(39)36(31)24-13-17-27(18-14-24)38-26-8-4-3-5-9-26/h3-20,30-31,37H,1-2H3,(H,34,39)/t30-,31+/m1/s1. The van der Waals surface area contributed by atoms with Crippen LogP contribution < -0.4 is 15.0 Å². The first-order valence-corrected chi connectivity index (χ1v) is 13.2. The Morgan fingerprint density at radius 1 is 0.821 bits per heavy atom. The number of hydrogen-bond acceptors (Lipinski definition) is 4. The molecule has 2 N–H and O–H groups in total. The van der Waals surface area contributed by atoms with Gasteiger partial charge in [0.05, 0.1) is 17.8 Å². The minimum atomic E-state index is -0.146. The lowest BCUT2D eigenvalue weighted by atomic mass is 9.96. The molecule has 5 aromatic rings. The number of hydrogen-bond donors (Lipinski definition) is 2. The third-order valence-electron chi connectivity index (χ3n) is 7.09. The van der Waals surface area contributed by atoms with Crippen LogP contribution in [0.5, 0.6) is 17.2 Å². The first-order valence-electron chi connectivity index (χ1n) is 12.8. The van der Waals surface area contributed by atoms with Crippen molar-refractivity contribution >= 4 is 23.0 Å². The fourth-order valence-electron chi connectivity index (χ4n) is 5.33. The summed E-state index contributed by atoms with van der Waals surface area (Å²) in [6, 6.07) is 32.9. The van der Waals surface area contributed by atoms with Gasteiger partial charge in [-0.2, -0.15) is 0 Å². The van der Waals surface area contributed by atoms with Gasteiger partial charge in [-0.15, -0.1) is 0 Å². The van der Waals surface area contributed by atoms with E-state index in [9.17, 15) is 5.11 Å². The number of nitrogens with zero attached hydrogens (tertiary/aromatic N) is 3. The number of rotatable bonds is 6. The van der Waals surface area contributed by atoms with E-state index >= 15 is 0 Å². The highest BCUT2D eigenvalue weighted by Crippen LogP contribution is 2.44. The van der Waals surface area contributed by atoms with Gasteiger partial charge in [-0.3, -0.25) is 4.98 Å². The number of phenols is 1. The maximum Gasteiger partial charge on any atom is 0.174 e. The number of para-hydroxylation sites is 1. The van der Waals surface area contributed by atoms with Crippen molar-refractivity contribution in [2.75, 3.05) is 4.90 Å². The molecule has 0 amide bonds. The zero-order valence-corrected chi connectivity index (χ0v) is 22.5. The highest BCUT2D eigenvalue weighted by Gasteiger charge is 2.42. The Bertz CT molecular complexity index is 1600. The molecule has 1 aliphatic heterocycles. The summed E-state index contributed by atoms with van der Waals surface area (Å²) in [5, 5.41) is 14.0. The van der Waals surface area contributed by atoms with Crippen LogP contribution in [0.2, 0.25) is 0 Å². The van der Waals surface area contributed by atoms with Crippen molar-refractivity contribution in [1.29, 1.82) is 0 Å². The lowest BCUT2D eigenvalue weighted by molar-refractivity contribution is 0.475. The number of ether oxygens (including phenoxy) is 1. The molecule has 3 aromatic carbocycles. The topological polar surface area (TPSA) is 62.5 Å². The molecule has 1 saturated heterocycles. The van der Waals surface area contributed by atoms with Crippen LogP contribution in [0.4, 0.5) is 5.69 Å². The Balaban J connectivity index is 1.41. The highest BCUT2D eigenvalue weighted by molar-refractivity contribution is 7.80. The van der Waals surface area contributed by atoms with Crippen molar-refractivity contribution < 1.29 is 9.84 Å². The zero-order valence-electron chi connectivity index (χ0n) is 21.7. The molecular formula is C32H28N4O2S. The number of pyridine rings is 1. The maximum absolute atomic E-state index is 9.82. The van der Waals surface area contributed by atoms with Crippen LogP contribution in [-0.4, -0.2) is 19.8 Å². The van der Waals surface area contributed by atoms with Crippen molar-refractivity contribution in [2.24, 2.45) is 0 Å². The summed E-state index contributed by atoms with van der Waals surface area (Å²) in [7, 11) is 0. The molecule has 6 rings (SSSR count). The van der Waals surface area contributed by atoms with Crippen LogP contribution in [-0.2, 0) is 0 Å². The Hall–Kier alpha value is -4.62. The first kappa shape index (κ1) is 24.7. The number of thiocarbonyl (C=S) groups is 1. The summed E-state index contributed by atoms with van der Waals surface area (Å²) in [5.74, 6) is 1.79. The first-order chi connectivity index (χ1) is 19.0. The molecule has 1 fully saturated rings. The summed E-state index contributed by atoms with van der Waals surface area (Å²) in [6.45, 7) is 4.22. The molecule has 7 heteroatoms. The Morgan fingerprint density at radius 3 is 2.18 bits per heavy atom. The predicted molar refractivity (Wildman–Crippen MR) is 158 cm³/mol. The van der Waals surface area contributed by atoms with E-state index in [0.29, 0.717) is 5.11 Å². The highest BCUT2D eigenvalue weighted by atomic mass is 32.1. The largest absolute Gasteiger partial charge is 0.508 e. The second kappa shape index (κ2) is 10.3. The fraction of sp³-hybridized carbons (Fsp3) is 0.125. The van der Waals surface area contributed by atoms with Gasteiger partial charge in [-0.05, 0) is 110 Å². The van der Waals surface area contributed by atoms with E-state index in [2.05, 4.69) is 39.7 Å². The number of nitrogens with one attached hydrogen (secondary N) is 1. The number of phenolic OH excluding ortho intramolecular Hbond substituents is 1. The number of aromatic hydroxyl groups is 1. The van der Waals surface area contributed by atoms with Crippen molar-refractivity contribution in [3.05, 3.63) is 132 Å². The molecule has 194 valence electrons. The Kier molecular flexibility index (Phi) is 6.50. The quantitative estimate of drug-likeness (QED) is 0.226. The molecule has 3 heterocycles. The SMILES string of the molecule is Cc1cc([C@H]2[C@@H](c3ccccn3)NC(=S)N2c2ccc(Oc3ccccc3)cc2)c(C)n1-c1ccc(O)cc1. The maximum atomic E-state index is 9.82. The van der Waals surface area contributed by atoms with Gasteiger partial charge < -0.3 is 24.6 Å². The molecule has 0 spiro atoms. The van der Waals surface area contributed by atoms with Crippen LogP contribution in [0.25, 0.3) is 5.69 Å². The predicted octanol–water partition coefficient (Wildman–Crippen LogP) is 7.16. The van der Waals surface area contributed by atoms with Crippen LogP contribution in [0.15, 0.2) is 109 Å². The molecule has 39 heavy (non-hydrogen) atoms. The van der Waals surface area contributed by atoms with E-state index < -0.39 is 0 Å². The van der Waals surface area contributed by atoms with Gasteiger partial charge in [0.25, 0.3) is 0 Å². The van der Waals surface area contributed by atoms with Gasteiger partial charge in [0.1, 0.15) is 17.2 Å². The zero-order chi connectivity index (χ0) is 26.9. The molecule has 0 unspecified atom stereocenters. The number of anilines is 1. The summed E-state index contributed by atoms with van der Waals surface area (Å²) in [4.78, 5) is 6.85. The fourth-order valence-corrected chi connectivity index (χ4v) is 5.68. The summed E-state index contributed by atoms with van der Waals surface area (Å²) in [6.07, 6.45) is 1.81. The van der Waals surface area contributed by atoms with E-state index in [1.54, 1.807) is 12.1 Å². The van der Waals surface area contributed by atoms with Gasteiger partial charge in [0, 0.05) is 29.0 Å². The smallest absolute Gasteiger partial charge is 0.174 e. The Labute approximate surface area is 233 Å². The molecule has 2 atom stereocenters. The van der Waals surface area contributed by atoms with Crippen molar-refractivity contribution in [1.82, 2.24) is 14.9 Å². The van der Waals surface area contributed by atoms with Gasteiger partial charge in [0.15, 0.2) is 5.11 Å². The van der Waals surface area contributed by atoms with Gasteiger partial charge in [-0.1, -0.05) is 24.3 Å². The van der Waals surface area contributed by atoms with E-state index in [1.165, 1.54) is 0 Å². The minimum Gasteiger partial charge on any atom is -0.508 e. The second-order valence-corrected chi connectivity index (χ2v) is 9.97. The van der Waals surface area contributed by atoms with E-state index in [4.69, 9.17) is 17.0 Å². The Morgan fingerprint density at radius 2 is 1.49 bits per heavy atom. The van der Waals surface area contributed by atoms with Crippen LogP contribution >= 0.6 is 12.2 Å². The molecule has 0 bridgehead atoms. The molecule has 0 saturated carbocycles. The van der Waals surface area contributed by atoms with Gasteiger partial charge >= 0.3 is 0 Å². The van der Waals surface area contributed by atoms with E-state index in [-0.39, 0.29) is 17.8 Å². The van der Waals surface area contributed by atoms with E-state index in [0.717, 1.165) is 45.5 Å². The molecule has 2 aromatic heterocycles. The molecule has 0 radical (unpaired) electrons.